The predicted molar refractivity (Wildman–Crippen MR) is 109 cm³/mol. The van der Waals surface area contributed by atoms with E-state index in [9.17, 15) is 4.79 Å². The van der Waals surface area contributed by atoms with Crippen LogP contribution in [0.4, 0.5) is 0 Å². The maximum absolute atomic E-state index is 12.2. The summed E-state index contributed by atoms with van der Waals surface area (Å²) in [6, 6.07) is 4.19. The van der Waals surface area contributed by atoms with Crippen LogP contribution in [0.25, 0.3) is 0 Å². The fourth-order valence-electron chi connectivity index (χ4n) is 3.78. The lowest BCUT2D eigenvalue weighted by molar-refractivity contribution is 0.120. The molecule has 4 rings (SSSR count). The molecule has 0 N–H and O–H groups in total. The number of rotatable bonds is 6. The summed E-state index contributed by atoms with van der Waals surface area (Å²) in [6.07, 6.45) is 6.59. The highest BCUT2D eigenvalue weighted by atomic mass is 16.1. The van der Waals surface area contributed by atoms with Crippen molar-refractivity contribution < 1.29 is 0 Å². The summed E-state index contributed by atoms with van der Waals surface area (Å²) < 4.78 is 3.98. The fraction of sp³-hybridized carbons (Fsp3) is 0.667. The highest BCUT2D eigenvalue weighted by Crippen LogP contribution is 2.35. The van der Waals surface area contributed by atoms with Gasteiger partial charge in [-0.3, -0.25) is 14.6 Å². The van der Waals surface area contributed by atoms with E-state index >= 15 is 0 Å². The summed E-state index contributed by atoms with van der Waals surface area (Å²) in [5.74, 6) is 0. The van der Waals surface area contributed by atoms with Crippen molar-refractivity contribution >= 4 is 0 Å². The van der Waals surface area contributed by atoms with Crippen LogP contribution in [-0.4, -0.2) is 61.9 Å². The SMILES string of the molecule is CC(C)(C)c1ccc(=O)n(CCN2CCN(Cc3cncn3C3CC3)CC2)n1. The van der Waals surface area contributed by atoms with E-state index in [1.807, 2.05) is 18.6 Å². The lowest BCUT2D eigenvalue weighted by Gasteiger charge is -2.34. The largest absolute Gasteiger partial charge is 0.330 e. The van der Waals surface area contributed by atoms with E-state index < -0.39 is 0 Å². The van der Waals surface area contributed by atoms with E-state index in [1.165, 1.54) is 18.5 Å². The summed E-state index contributed by atoms with van der Waals surface area (Å²) in [6.45, 7) is 13.1. The Bertz CT molecular complexity index is 852. The van der Waals surface area contributed by atoms with Crippen LogP contribution in [0.15, 0.2) is 29.5 Å². The van der Waals surface area contributed by atoms with Crippen molar-refractivity contribution in [3.63, 3.8) is 0 Å². The zero-order chi connectivity index (χ0) is 19.7. The minimum absolute atomic E-state index is 0.0139. The lowest BCUT2D eigenvalue weighted by atomic mass is 9.92. The van der Waals surface area contributed by atoms with E-state index in [1.54, 1.807) is 10.7 Å². The quantitative estimate of drug-likeness (QED) is 0.761. The van der Waals surface area contributed by atoms with E-state index in [0.717, 1.165) is 45.0 Å². The topological polar surface area (TPSA) is 59.2 Å². The van der Waals surface area contributed by atoms with Gasteiger partial charge in [0.2, 0.25) is 0 Å². The zero-order valence-corrected chi connectivity index (χ0v) is 17.3. The van der Waals surface area contributed by atoms with E-state index in [-0.39, 0.29) is 11.0 Å². The molecule has 0 aromatic carbocycles. The summed E-state index contributed by atoms with van der Waals surface area (Å²) in [7, 11) is 0. The first-order chi connectivity index (χ1) is 13.4. The van der Waals surface area contributed by atoms with Crippen LogP contribution in [0.2, 0.25) is 0 Å². The van der Waals surface area contributed by atoms with Gasteiger partial charge in [0.25, 0.3) is 5.56 Å². The molecule has 7 nitrogen and oxygen atoms in total. The van der Waals surface area contributed by atoms with Crippen LogP contribution >= 0.6 is 0 Å². The van der Waals surface area contributed by atoms with E-state index in [2.05, 4.69) is 45.2 Å². The molecule has 2 fully saturated rings. The van der Waals surface area contributed by atoms with Crippen LogP contribution in [-0.2, 0) is 18.5 Å². The number of hydrogen-bond donors (Lipinski definition) is 0. The van der Waals surface area contributed by atoms with Crippen LogP contribution in [0, 0.1) is 0 Å². The van der Waals surface area contributed by atoms with Crippen LogP contribution in [0.3, 0.4) is 0 Å². The summed E-state index contributed by atoms with van der Waals surface area (Å²) in [4.78, 5) is 21.5. The van der Waals surface area contributed by atoms with Gasteiger partial charge in [0.1, 0.15) is 0 Å². The van der Waals surface area contributed by atoms with Gasteiger partial charge in [-0.2, -0.15) is 5.10 Å². The Morgan fingerprint density at radius 3 is 2.43 bits per heavy atom. The van der Waals surface area contributed by atoms with Gasteiger partial charge < -0.3 is 4.57 Å². The molecule has 0 radical (unpaired) electrons. The molecule has 7 heteroatoms. The van der Waals surface area contributed by atoms with Crippen molar-refractivity contribution in [1.82, 2.24) is 29.1 Å². The lowest BCUT2D eigenvalue weighted by Crippen LogP contribution is -2.47. The Morgan fingerprint density at radius 1 is 1.04 bits per heavy atom. The Kier molecular flexibility index (Phi) is 5.38. The van der Waals surface area contributed by atoms with Crippen molar-refractivity contribution in [2.45, 2.75) is 58.2 Å². The molecule has 3 heterocycles. The Labute approximate surface area is 167 Å². The first-order valence-electron chi connectivity index (χ1n) is 10.4. The molecule has 1 saturated heterocycles. The average Bonchev–Trinajstić information content (AvgIpc) is 3.40. The molecule has 0 atom stereocenters. The third kappa shape index (κ3) is 4.52. The van der Waals surface area contributed by atoms with Crippen molar-refractivity contribution in [1.29, 1.82) is 0 Å². The molecule has 28 heavy (non-hydrogen) atoms. The van der Waals surface area contributed by atoms with Gasteiger partial charge in [-0.1, -0.05) is 20.8 Å². The molecule has 2 aromatic heterocycles. The van der Waals surface area contributed by atoms with Gasteiger partial charge in [-0.25, -0.2) is 9.67 Å². The second-order valence-corrected chi connectivity index (χ2v) is 9.17. The van der Waals surface area contributed by atoms with Crippen LogP contribution in [0.1, 0.15) is 51.0 Å². The Hall–Kier alpha value is -1.99. The maximum atomic E-state index is 12.2. The highest BCUT2D eigenvalue weighted by Gasteiger charge is 2.26. The van der Waals surface area contributed by atoms with E-state index in [0.29, 0.717) is 12.6 Å². The number of aromatic nitrogens is 4. The summed E-state index contributed by atoms with van der Waals surface area (Å²) >= 11 is 0. The maximum Gasteiger partial charge on any atom is 0.266 e. The molecule has 2 aromatic rings. The molecule has 2 aliphatic rings. The monoisotopic (exact) mass is 384 g/mol. The smallest absolute Gasteiger partial charge is 0.266 e. The molecule has 1 aliphatic heterocycles. The van der Waals surface area contributed by atoms with Gasteiger partial charge in [0.15, 0.2) is 0 Å². The number of nitrogens with zero attached hydrogens (tertiary/aromatic N) is 6. The molecule has 1 saturated carbocycles. The third-order valence-electron chi connectivity index (χ3n) is 5.80. The summed E-state index contributed by atoms with van der Waals surface area (Å²) in [5, 5.41) is 4.58. The van der Waals surface area contributed by atoms with Gasteiger partial charge in [-0.15, -0.1) is 0 Å². The van der Waals surface area contributed by atoms with Gasteiger partial charge in [0.05, 0.1) is 24.3 Å². The molecule has 0 amide bonds. The summed E-state index contributed by atoms with van der Waals surface area (Å²) in [5.41, 5.74) is 2.24. The van der Waals surface area contributed by atoms with E-state index in [4.69, 9.17) is 0 Å². The van der Waals surface area contributed by atoms with Crippen LogP contribution in [0.5, 0.6) is 0 Å². The molecule has 1 aliphatic carbocycles. The zero-order valence-electron chi connectivity index (χ0n) is 17.3. The van der Waals surface area contributed by atoms with Crippen molar-refractivity contribution in [3.8, 4) is 0 Å². The molecule has 152 valence electrons. The number of hydrogen-bond acceptors (Lipinski definition) is 5. The standard InChI is InChI=1S/C21H32N6O/c1-21(2,3)19-6-7-20(28)27(23-19)13-12-24-8-10-25(11-9-24)15-18-14-22-16-26(18)17-4-5-17/h6-7,14,16-17H,4-5,8-13,15H2,1-3H3. The van der Waals surface area contributed by atoms with Gasteiger partial charge in [-0.05, 0) is 18.9 Å². The minimum Gasteiger partial charge on any atom is -0.330 e. The normalized spacial score (nSPS) is 19.2. The molecule has 0 spiro atoms. The third-order valence-corrected chi connectivity index (χ3v) is 5.80. The fourth-order valence-corrected chi connectivity index (χ4v) is 3.78. The van der Waals surface area contributed by atoms with Crippen molar-refractivity contribution in [2.75, 3.05) is 32.7 Å². The molecule has 0 unspecified atom stereocenters. The molecule has 0 bridgehead atoms. The highest BCUT2D eigenvalue weighted by molar-refractivity contribution is 5.10. The Balaban J connectivity index is 1.28. The second-order valence-electron chi connectivity index (χ2n) is 9.17. The van der Waals surface area contributed by atoms with Gasteiger partial charge in [0, 0.05) is 63.0 Å². The first-order valence-corrected chi connectivity index (χ1v) is 10.4. The molecular weight excluding hydrogens is 352 g/mol. The Morgan fingerprint density at radius 2 is 1.75 bits per heavy atom. The van der Waals surface area contributed by atoms with Crippen LogP contribution < -0.4 is 5.56 Å². The minimum atomic E-state index is -0.0476. The van der Waals surface area contributed by atoms with Gasteiger partial charge >= 0.3 is 0 Å². The van der Waals surface area contributed by atoms with Crippen molar-refractivity contribution in [2.24, 2.45) is 0 Å². The predicted octanol–water partition coefficient (Wildman–Crippen LogP) is 1.89. The first kappa shape index (κ1) is 19.3. The number of piperazine rings is 1. The van der Waals surface area contributed by atoms with Crippen molar-refractivity contribution in [3.05, 3.63) is 46.4 Å². The number of imidazole rings is 1. The second kappa shape index (κ2) is 7.79. The molecular formula is C21H32N6O. The average molecular weight is 385 g/mol.